The van der Waals surface area contributed by atoms with Crippen molar-refractivity contribution < 1.29 is 13.2 Å². The van der Waals surface area contributed by atoms with Crippen molar-refractivity contribution in [2.24, 2.45) is 0 Å². The van der Waals surface area contributed by atoms with E-state index in [0.717, 1.165) is 0 Å². The van der Waals surface area contributed by atoms with Gasteiger partial charge in [-0.1, -0.05) is 0 Å². The van der Waals surface area contributed by atoms with Crippen LogP contribution in [0.15, 0.2) is 5.38 Å². The Bertz CT molecular complexity index is 504. The summed E-state index contributed by atoms with van der Waals surface area (Å²) in [6.07, 6.45) is 1.21. The van der Waals surface area contributed by atoms with E-state index in [2.05, 4.69) is 4.98 Å². The molecule has 1 fully saturated rings. The van der Waals surface area contributed by atoms with Gasteiger partial charge in [0, 0.05) is 5.38 Å². The Labute approximate surface area is 96.9 Å². The van der Waals surface area contributed by atoms with Gasteiger partial charge in [-0.3, -0.25) is 9.52 Å². The molecular weight excluding hydrogens is 250 g/mol. The van der Waals surface area contributed by atoms with Crippen LogP contribution in [0.25, 0.3) is 0 Å². The molecule has 8 heteroatoms. The monoisotopic (exact) mass is 261 g/mol. The molecule has 0 radical (unpaired) electrons. The molecule has 0 aliphatic heterocycles. The van der Waals surface area contributed by atoms with Crippen molar-refractivity contribution in [2.45, 2.75) is 24.5 Å². The first-order valence-electron chi connectivity index (χ1n) is 4.72. The third kappa shape index (κ3) is 2.70. The van der Waals surface area contributed by atoms with Crippen LogP contribution < -0.4 is 10.5 Å². The Kier molecular flexibility index (Phi) is 2.85. The van der Waals surface area contributed by atoms with E-state index in [4.69, 9.17) is 5.73 Å². The van der Waals surface area contributed by atoms with Crippen LogP contribution in [0.3, 0.4) is 0 Å². The molecule has 1 aromatic rings. The third-order valence-corrected chi connectivity index (χ3v) is 4.71. The number of nitrogens with one attached hydrogen (secondary N) is 1. The molecule has 1 aliphatic carbocycles. The Hall–Kier alpha value is -1.15. The zero-order valence-electron chi connectivity index (χ0n) is 8.34. The number of carbonyl (C=O) groups excluding carboxylic acids is 1. The molecule has 0 saturated heterocycles. The van der Waals surface area contributed by atoms with Gasteiger partial charge < -0.3 is 5.73 Å². The number of nitrogens with two attached hydrogens (primary N) is 1. The van der Waals surface area contributed by atoms with Crippen LogP contribution in [0, 0.1) is 0 Å². The smallest absolute Gasteiger partial charge is 0.239 e. The molecule has 3 N–H and O–H groups in total. The number of hydrogen-bond acceptors (Lipinski definition) is 6. The van der Waals surface area contributed by atoms with Gasteiger partial charge in [0.15, 0.2) is 5.13 Å². The second-order valence-electron chi connectivity index (χ2n) is 3.62. The van der Waals surface area contributed by atoms with Crippen LogP contribution in [0.1, 0.15) is 18.5 Å². The van der Waals surface area contributed by atoms with Gasteiger partial charge in [-0.15, -0.1) is 11.3 Å². The molecule has 1 saturated carbocycles. The molecule has 1 heterocycles. The van der Waals surface area contributed by atoms with Crippen LogP contribution in [0.2, 0.25) is 0 Å². The summed E-state index contributed by atoms with van der Waals surface area (Å²) >= 11 is 1.22. The predicted molar refractivity (Wildman–Crippen MR) is 60.3 cm³/mol. The summed E-state index contributed by atoms with van der Waals surface area (Å²) in [7, 11) is -3.45. The molecule has 16 heavy (non-hydrogen) atoms. The first-order valence-corrected chi connectivity index (χ1v) is 7.14. The number of rotatable bonds is 4. The first-order chi connectivity index (χ1) is 7.47. The summed E-state index contributed by atoms with van der Waals surface area (Å²) in [5, 5.41) is 1.61. The zero-order chi connectivity index (χ0) is 11.8. The Morgan fingerprint density at radius 3 is 2.81 bits per heavy atom. The Balaban J connectivity index is 1.94. The minimum atomic E-state index is -3.45. The lowest BCUT2D eigenvalue weighted by Gasteiger charge is -2.03. The SMILES string of the molecule is Nc1nc(CC(=O)NS(=O)(=O)C2CC2)cs1. The van der Waals surface area contributed by atoms with Crippen LogP contribution >= 0.6 is 11.3 Å². The fourth-order valence-corrected chi connectivity index (χ4v) is 3.10. The summed E-state index contributed by atoms with van der Waals surface area (Å²) < 4.78 is 24.9. The average molecular weight is 261 g/mol. The molecule has 0 aromatic carbocycles. The second kappa shape index (κ2) is 4.02. The van der Waals surface area contributed by atoms with E-state index in [-0.39, 0.29) is 6.42 Å². The summed E-state index contributed by atoms with van der Waals surface area (Å²) in [6.45, 7) is 0. The molecule has 6 nitrogen and oxygen atoms in total. The molecule has 0 atom stereocenters. The van der Waals surface area contributed by atoms with Gasteiger partial charge >= 0.3 is 0 Å². The largest absolute Gasteiger partial charge is 0.375 e. The van der Waals surface area contributed by atoms with Crippen molar-refractivity contribution in [1.82, 2.24) is 9.71 Å². The highest BCUT2D eigenvalue weighted by atomic mass is 32.2. The highest BCUT2D eigenvalue weighted by Gasteiger charge is 2.36. The fourth-order valence-electron chi connectivity index (χ4n) is 1.22. The number of carbonyl (C=O) groups is 1. The van der Waals surface area contributed by atoms with Crippen molar-refractivity contribution in [2.75, 3.05) is 5.73 Å². The van der Waals surface area contributed by atoms with Crippen LogP contribution in [0.4, 0.5) is 5.13 Å². The number of thiazole rings is 1. The number of amides is 1. The highest BCUT2D eigenvalue weighted by Crippen LogP contribution is 2.27. The van der Waals surface area contributed by atoms with E-state index in [1.807, 2.05) is 4.72 Å². The lowest BCUT2D eigenvalue weighted by atomic mass is 10.3. The standard InChI is InChI=1S/C8H11N3O3S2/c9-8-10-5(4-15-8)3-7(12)11-16(13,14)6-1-2-6/h4,6H,1-3H2,(H2,9,10)(H,11,12). The quantitative estimate of drug-likeness (QED) is 0.786. The number of aromatic nitrogens is 1. The van der Waals surface area contributed by atoms with Crippen molar-refractivity contribution in [1.29, 1.82) is 0 Å². The van der Waals surface area contributed by atoms with Crippen molar-refractivity contribution in [3.05, 3.63) is 11.1 Å². The second-order valence-corrected chi connectivity index (χ2v) is 6.47. The van der Waals surface area contributed by atoms with E-state index in [1.165, 1.54) is 11.3 Å². The Morgan fingerprint density at radius 2 is 2.31 bits per heavy atom. The van der Waals surface area contributed by atoms with Crippen molar-refractivity contribution in [3.8, 4) is 0 Å². The zero-order valence-corrected chi connectivity index (χ0v) is 9.97. The summed E-state index contributed by atoms with van der Waals surface area (Å²) in [6, 6.07) is 0. The van der Waals surface area contributed by atoms with E-state index >= 15 is 0 Å². The number of hydrogen-bond donors (Lipinski definition) is 2. The van der Waals surface area contributed by atoms with E-state index in [0.29, 0.717) is 23.7 Å². The maximum atomic E-state index is 11.4. The molecule has 1 amide bonds. The molecule has 0 unspecified atom stereocenters. The van der Waals surface area contributed by atoms with Crippen LogP contribution in [-0.2, 0) is 21.2 Å². The van der Waals surface area contributed by atoms with Crippen molar-refractivity contribution in [3.63, 3.8) is 0 Å². The van der Waals surface area contributed by atoms with Crippen LogP contribution in [0.5, 0.6) is 0 Å². The Morgan fingerprint density at radius 1 is 1.62 bits per heavy atom. The molecule has 1 aliphatic rings. The number of nitrogen functional groups attached to an aromatic ring is 1. The summed E-state index contributed by atoms with van der Waals surface area (Å²) in [4.78, 5) is 15.3. The normalized spacial score (nSPS) is 16.0. The van der Waals surface area contributed by atoms with Gasteiger partial charge in [0.05, 0.1) is 17.4 Å². The molecule has 0 spiro atoms. The predicted octanol–water partition coefficient (Wildman–Crippen LogP) is -0.124. The maximum Gasteiger partial charge on any atom is 0.239 e. The summed E-state index contributed by atoms with van der Waals surface area (Å²) in [5.41, 5.74) is 5.89. The fraction of sp³-hybridized carbons (Fsp3) is 0.500. The number of sulfonamides is 1. The molecule has 88 valence electrons. The average Bonchev–Trinajstić information content (AvgIpc) is 2.92. The van der Waals surface area contributed by atoms with Crippen molar-refractivity contribution >= 4 is 32.4 Å². The van der Waals surface area contributed by atoms with E-state index in [9.17, 15) is 13.2 Å². The minimum Gasteiger partial charge on any atom is -0.375 e. The number of anilines is 1. The van der Waals surface area contributed by atoms with Gasteiger partial charge in [-0.2, -0.15) is 0 Å². The number of nitrogens with zero attached hydrogens (tertiary/aromatic N) is 1. The maximum absolute atomic E-state index is 11.4. The molecule has 1 aromatic heterocycles. The van der Waals surface area contributed by atoms with Gasteiger partial charge in [-0.05, 0) is 12.8 Å². The molecular formula is C8H11N3O3S2. The lowest BCUT2D eigenvalue weighted by Crippen LogP contribution is -2.34. The lowest BCUT2D eigenvalue weighted by molar-refractivity contribution is -0.118. The van der Waals surface area contributed by atoms with Gasteiger partial charge in [0.1, 0.15) is 0 Å². The van der Waals surface area contributed by atoms with E-state index < -0.39 is 21.2 Å². The van der Waals surface area contributed by atoms with Gasteiger partial charge in [-0.25, -0.2) is 13.4 Å². The molecule has 0 bridgehead atoms. The minimum absolute atomic E-state index is 0.0559. The first kappa shape index (κ1) is 11.3. The highest BCUT2D eigenvalue weighted by molar-refractivity contribution is 7.90. The van der Waals surface area contributed by atoms with Crippen LogP contribution in [-0.4, -0.2) is 24.6 Å². The molecule has 2 rings (SSSR count). The third-order valence-electron chi connectivity index (χ3n) is 2.13. The topological polar surface area (TPSA) is 102 Å². The van der Waals surface area contributed by atoms with Gasteiger partial charge in [0.25, 0.3) is 0 Å². The van der Waals surface area contributed by atoms with Gasteiger partial charge in [0.2, 0.25) is 15.9 Å². The van der Waals surface area contributed by atoms with E-state index in [1.54, 1.807) is 5.38 Å². The summed E-state index contributed by atoms with van der Waals surface area (Å²) in [5.74, 6) is -0.558.